The molecule has 0 radical (unpaired) electrons. The normalized spacial score (nSPS) is 16.3. The molecular weight excluding hydrogens is 368 g/mol. The number of hydrogen-bond acceptors (Lipinski definition) is 4. The lowest BCUT2D eigenvalue weighted by Gasteiger charge is -2.32. The van der Waals surface area contributed by atoms with Crippen molar-refractivity contribution < 1.29 is 9.53 Å². The summed E-state index contributed by atoms with van der Waals surface area (Å²) in [4.78, 5) is 19.5. The molecule has 0 bridgehead atoms. The average Bonchev–Trinajstić information content (AvgIpc) is 3.18. The Hall–Kier alpha value is -2.40. The molecule has 0 aliphatic carbocycles. The maximum Gasteiger partial charge on any atom is 0.263 e. The second-order valence-corrected chi connectivity index (χ2v) is 8.44. The molecule has 0 saturated carbocycles. The Morgan fingerprint density at radius 2 is 1.89 bits per heavy atom. The van der Waals surface area contributed by atoms with Gasteiger partial charge in [-0.15, -0.1) is 11.3 Å². The second-order valence-electron chi connectivity index (χ2n) is 7.38. The summed E-state index contributed by atoms with van der Waals surface area (Å²) in [6, 6.07) is 16.3. The zero-order chi connectivity index (χ0) is 19.5. The molecule has 0 unspecified atom stereocenters. The average molecular weight is 395 g/mol. The Morgan fingerprint density at radius 3 is 2.57 bits per heavy atom. The zero-order valence-corrected chi connectivity index (χ0v) is 17.2. The van der Waals surface area contributed by atoms with E-state index < -0.39 is 6.10 Å². The molecule has 1 saturated heterocycles. The van der Waals surface area contributed by atoms with E-state index in [4.69, 9.17) is 9.72 Å². The number of benzene rings is 2. The van der Waals surface area contributed by atoms with Crippen LogP contribution in [0.4, 0.5) is 0 Å². The van der Waals surface area contributed by atoms with Crippen molar-refractivity contribution in [3.05, 3.63) is 59.1 Å². The SMILES string of the molecule is CCc1ccc(O[C@@H](C)C(=O)N2CCC(c3nc4ccccc4s3)CC2)cc1. The summed E-state index contributed by atoms with van der Waals surface area (Å²) in [5, 5.41) is 1.20. The van der Waals surface area contributed by atoms with Crippen LogP contribution in [0.25, 0.3) is 10.2 Å². The third-order valence-corrected chi connectivity index (χ3v) is 6.66. The van der Waals surface area contributed by atoms with Crippen molar-refractivity contribution >= 4 is 27.5 Å². The lowest BCUT2D eigenvalue weighted by molar-refractivity contribution is -0.139. The molecule has 1 aliphatic heterocycles. The lowest BCUT2D eigenvalue weighted by Crippen LogP contribution is -2.44. The summed E-state index contributed by atoms with van der Waals surface area (Å²) in [5.41, 5.74) is 2.35. The number of fused-ring (bicyclic) bond motifs is 1. The van der Waals surface area contributed by atoms with Crippen LogP contribution in [-0.4, -0.2) is 35.0 Å². The Morgan fingerprint density at radius 1 is 1.18 bits per heavy atom. The van der Waals surface area contributed by atoms with E-state index in [1.165, 1.54) is 15.3 Å². The summed E-state index contributed by atoms with van der Waals surface area (Å²) in [7, 11) is 0. The highest BCUT2D eigenvalue weighted by atomic mass is 32.1. The minimum Gasteiger partial charge on any atom is -0.481 e. The molecule has 146 valence electrons. The molecule has 1 aliphatic rings. The van der Waals surface area contributed by atoms with Gasteiger partial charge in [-0.2, -0.15) is 0 Å². The van der Waals surface area contributed by atoms with Crippen molar-refractivity contribution in [2.24, 2.45) is 0 Å². The molecule has 0 spiro atoms. The van der Waals surface area contributed by atoms with Gasteiger partial charge in [-0.3, -0.25) is 4.79 Å². The van der Waals surface area contributed by atoms with Gasteiger partial charge in [0.15, 0.2) is 6.10 Å². The third-order valence-electron chi connectivity index (χ3n) is 5.46. The number of hydrogen-bond donors (Lipinski definition) is 0. The number of ether oxygens (including phenoxy) is 1. The topological polar surface area (TPSA) is 42.4 Å². The summed E-state index contributed by atoms with van der Waals surface area (Å²) in [5.74, 6) is 1.27. The summed E-state index contributed by atoms with van der Waals surface area (Å²) in [6.07, 6.45) is 2.46. The summed E-state index contributed by atoms with van der Waals surface area (Å²) in [6.45, 7) is 5.50. The van der Waals surface area contributed by atoms with Crippen molar-refractivity contribution in [2.45, 2.75) is 45.1 Å². The molecule has 2 aromatic carbocycles. The predicted molar refractivity (Wildman–Crippen MR) is 114 cm³/mol. The van der Waals surface area contributed by atoms with Crippen LogP contribution in [0.1, 0.15) is 43.2 Å². The minimum absolute atomic E-state index is 0.0716. The molecule has 1 atom stereocenters. The molecule has 4 nitrogen and oxygen atoms in total. The minimum atomic E-state index is -0.466. The summed E-state index contributed by atoms with van der Waals surface area (Å²) < 4.78 is 7.12. The van der Waals surface area contributed by atoms with Crippen molar-refractivity contribution in [1.82, 2.24) is 9.88 Å². The lowest BCUT2D eigenvalue weighted by atomic mass is 9.97. The molecule has 2 heterocycles. The van der Waals surface area contributed by atoms with Gasteiger partial charge >= 0.3 is 0 Å². The van der Waals surface area contributed by atoms with E-state index in [0.29, 0.717) is 5.92 Å². The van der Waals surface area contributed by atoms with E-state index in [1.807, 2.05) is 30.0 Å². The zero-order valence-electron chi connectivity index (χ0n) is 16.4. The van der Waals surface area contributed by atoms with Crippen molar-refractivity contribution in [3.63, 3.8) is 0 Å². The van der Waals surface area contributed by atoms with Crippen molar-refractivity contribution in [1.29, 1.82) is 0 Å². The smallest absolute Gasteiger partial charge is 0.263 e. The number of nitrogens with zero attached hydrogens (tertiary/aromatic N) is 2. The van der Waals surface area contributed by atoms with Crippen LogP contribution in [0.5, 0.6) is 5.75 Å². The van der Waals surface area contributed by atoms with Gasteiger partial charge in [0, 0.05) is 19.0 Å². The molecule has 0 N–H and O–H groups in total. The molecule has 4 rings (SSSR count). The van der Waals surface area contributed by atoms with Gasteiger partial charge in [0.1, 0.15) is 5.75 Å². The van der Waals surface area contributed by atoms with E-state index in [0.717, 1.165) is 43.6 Å². The van der Waals surface area contributed by atoms with E-state index in [1.54, 1.807) is 11.3 Å². The number of para-hydroxylation sites is 1. The largest absolute Gasteiger partial charge is 0.481 e. The molecule has 5 heteroatoms. The van der Waals surface area contributed by atoms with Gasteiger partial charge < -0.3 is 9.64 Å². The van der Waals surface area contributed by atoms with Crippen LogP contribution in [-0.2, 0) is 11.2 Å². The molecule has 1 amide bonds. The number of rotatable bonds is 5. The third kappa shape index (κ3) is 4.04. The number of piperidine rings is 1. The predicted octanol–water partition coefficient (Wildman–Crippen LogP) is 5.03. The van der Waals surface area contributed by atoms with E-state index in [-0.39, 0.29) is 5.91 Å². The standard InChI is InChI=1S/C23H26N2O2S/c1-3-17-8-10-19(11-9-17)27-16(2)23(26)25-14-12-18(13-15-25)22-24-20-6-4-5-7-21(20)28-22/h4-11,16,18H,3,12-15H2,1-2H3/t16-/m0/s1. The highest BCUT2D eigenvalue weighted by molar-refractivity contribution is 7.18. The molecular formula is C23H26N2O2S. The number of carbonyl (C=O) groups excluding carboxylic acids is 1. The molecule has 1 fully saturated rings. The highest BCUT2D eigenvalue weighted by Crippen LogP contribution is 2.34. The number of aryl methyl sites for hydroxylation is 1. The van der Waals surface area contributed by atoms with Gasteiger partial charge in [-0.25, -0.2) is 4.98 Å². The van der Waals surface area contributed by atoms with E-state index >= 15 is 0 Å². The van der Waals surface area contributed by atoms with Gasteiger partial charge in [-0.05, 0) is 56.0 Å². The molecule has 28 heavy (non-hydrogen) atoms. The first-order valence-corrected chi connectivity index (χ1v) is 10.9. The van der Waals surface area contributed by atoms with Crippen LogP contribution in [0.3, 0.4) is 0 Å². The fourth-order valence-corrected chi connectivity index (χ4v) is 4.86. The van der Waals surface area contributed by atoms with Crippen molar-refractivity contribution in [3.8, 4) is 5.75 Å². The van der Waals surface area contributed by atoms with E-state index in [2.05, 4.69) is 37.3 Å². The Kier molecular flexibility index (Phi) is 5.62. The fourth-order valence-electron chi connectivity index (χ4n) is 3.73. The quantitative estimate of drug-likeness (QED) is 0.609. The number of thiazole rings is 1. The first kappa shape index (κ1) is 18.9. The first-order chi connectivity index (χ1) is 13.6. The number of aromatic nitrogens is 1. The summed E-state index contributed by atoms with van der Waals surface area (Å²) >= 11 is 1.79. The van der Waals surface area contributed by atoms with Gasteiger partial charge in [0.25, 0.3) is 5.91 Å². The van der Waals surface area contributed by atoms with Crippen LogP contribution < -0.4 is 4.74 Å². The number of likely N-dealkylation sites (tertiary alicyclic amines) is 1. The van der Waals surface area contributed by atoms with E-state index in [9.17, 15) is 4.79 Å². The van der Waals surface area contributed by atoms with Gasteiger partial charge in [0.2, 0.25) is 0 Å². The number of carbonyl (C=O) groups is 1. The van der Waals surface area contributed by atoms with Gasteiger partial charge in [0.05, 0.1) is 15.2 Å². The second kappa shape index (κ2) is 8.31. The fraction of sp³-hybridized carbons (Fsp3) is 0.391. The van der Waals surface area contributed by atoms with Crippen LogP contribution in [0.2, 0.25) is 0 Å². The van der Waals surface area contributed by atoms with Crippen LogP contribution >= 0.6 is 11.3 Å². The van der Waals surface area contributed by atoms with Crippen LogP contribution in [0.15, 0.2) is 48.5 Å². The Balaban J connectivity index is 1.33. The monoisotopic (exact) mass is 394 g/mol. The molecule has 1 aromatic heterocycles. The highest BCUT2D eigenvalue weighted by Gasteiger charge is 2.29. The maximum absolute atomic E-state index is 12.8. The van der Waals surface area contributed by atoms with Gasteiger partial charge in [-0.1, -0.05) is 31.2 Å². The maximum atomic E-state index is 12.8. The Bertz CT molecular complexity index is 910. The van der Waals surface area contributed by atoms with Crippen molar-refractivity contribution in [2.75, 3.05) is 13.1 Å². The van der Waals surface area contributed by atoms with Crippen LogP contribution in [0, 0.1) is 0 Å². The molecule has 3 aromatic rings. The Labute approximate surface area is 170 Å². The first-order valence-electron chi connectivity index (χ1n) is 10.0. The number of amides is 1.